The van der Waals surface area contributed by atoms with Crippen molar-refractivity contribution in [2.45, 2.75) is 25.7 Å². The maximum absolute atomic E-state index is 12.5. The molecule has 0 aliphatic rings. The number of carbonyl (C=O) groups is 1. The van der Waals surface area contributed by atoms with Gasteiger partial charge in [0.15, 0.2) is 0 Å². The molecule has 0 atom stereocenters. The van der Waals surface area contributed by atoms with Crippen LogP contribution in [0.4, 0.5) is 0 Å². The first-order valence-electron chi connectivity index (χ1n) is 6.94. The fraction of sp³-hybridized carbons (Fsp3) is 0.235. The van der Waals surface area contributed by atoms with Crippen LogP contribution in [0.1, 0.15) is 27.0 Å². The molecule has 0 fully saturated rings. The summed E-state index contributed by atoms with van der Waals surface area (Å²) >= 11 is 0. The number of rotatable bonds is 4. The summed E-state index contributed by atoms with van der Waals surface area (Å²) in [5.74, 6) is -0.363. The molecule has 2 aromatic rings. The van der Waals surface area contributed by atoms with E-state index in [9.17, 15) is 13.2 Å². The lowest BCUT2D eigenvalue weighted by molar-refractivity contribution is 0.0600. The van der Waals surface area contributed by atoms with E-state index in [2.05, 4.69) is 4.74 Å². The molecule has 5 nitrogen and oxygen atoms in total. The van der Waals surface area contributed by atoms with Gasteiger partial charge >= 0.3 is 16.1 Å². The molecule has 2 rings (SSSR count). The van der Waals surface area contributed by atoms with Gasteiger partial charge in [-0.05, 0) is 61.7 Å². The second kappa shape index (κ2) is 6.42. The minimum atomic E-state index is -4.05. The Kier molecular flexibility index (Phi) is 4.75. The van der Waals surface area contributed by atoms with Crippen molar-refractivity contribution in [1.82, 2.24) is 0 Å². The van der Waals surface area contributed by atoms with Crippen molar-refractivity contribution in [1.29, 1.82) is 0 Å². The molecule has 0 spiro atoms. The molecule has 0 N–H and O–H groups in total. The van der Waals surface area contributed by atoms with E-state index >= 15 is 0 Å². The average molecular weight is 334 g/mol. The van der Waals surface area contributed by atoms with Crippen molar-refractivity contribution in [3.63, 3.8) is 0 Å². The molecule has 0 saturated carbocycles. The lowest BCUT2D eigenvalue weighted by atomic mass is 10.1. The highest BCUT2D eigenvalue weighted by molar-refractivity contribution is 7.87. The Bertz CT molecular complexity index is 833. The highest BCUT2D eigenvalue weighted by Gasteiger charge is 2.21. The van der Waals surface area contributed by atoms with Gasteiger partial charge in [0.2, 0.25) is 0 Å². The fourth-order valence-corrected chi connectivity index (χ4v) is 3.44. The van der Waals surface area contributed by atoms with E-state index in [0.29, 0.717) is 5.56 Å². The summed E-state index contributed by atoms with van der Waals surface area (Å²) in [5, 5.41) is 0. The van der Waals surface area contributed by atoms with Crippen LogP contribution in [0, 0.1) is 20.8 Å². The minimum absolute atomic E-state index is 0.0560. The summed E-state index contributed by atoms with van der Waals surface area (Å²) in [5.41, 5.74) is 2.44. The molecule has 0 aliphatic heterocycles. The summed E-state index contributed by atoms with van der Waals surface area (Å²) < 4.78 is 34.9. The van der Waals surface area contributed by atoms with Crippen LogP contribution in [-0.2, 0) is 14.9 Å². The molecule has 0 heterocycles. The summed E-state index contributed by atoms with van der Waals surface area (Å²) in [7, 11) is -2.81. The van der Waals surface area contributed by atoms with E-state index in [0.717, 1.165) is 11.1 Å². The van der Waals surface area contributed by atoms with Crippen molar-refractivity contribution in [2.24, 2.45) is 0 Å². The molecule has 23 heavy (non-hydrogen) atoms. The third kappa shape index (κ3) is 3.90. The normalized spacial score (nSPS) is 11.1. The van der Waals surface area contributed by atoms with Gasteiger partial charge in [-0.3, -0.25) is 0 Å². The van der Waals surface area contributed by atoms with Gasteiger partial charge in [-0.15, -0.1) is 0 Å². The van der Waals surface area contributed by atoms with Crippen LogP contribution < -0.4 is 4.18 Å². The maximum Gasteiger partial charge on any atom is 0.339 e. The predicted molar refractivity (Wildman–Crippen MR) is 86.2 cm³/mol. The summed E-state index contributed by atoms with van der Waals surface area (Å²) in [6.45, 7) is 5.35. The van der Waals surface area contributed by atoms with E-state index in [1.807, 2.05) is 19.9 Å². The quantitative estimate of drug-likeness (QED) is 0.634. The largest absolute Gasteiger partial charge is 0.465 e. The van der Waals surface area contributed by atoms with Crippen molar-refractivity contribution < 1.29 is 22.1 Å². The van der Waals surface area contributed by atoms with Crippen LogP contribution in [0.25, 0.3) is 0 Å². The molecule has 2 aromatic carbocycles. The molecule has 0 radical (unpaired) electrons. The average Bonchev–Trinajstić information content (AvgIpc) is 2.45. The fourth-order valence-electron chi connectivity index (χ4n) is 2.27. The second-order valence-corrected chi connectivity index (χ2v) is 6.85. The third-order valence-corrected chi connectivity index (χ3v) is 4.67. The van der Waals surface area contributed by atoms with Crippen molar-refractivity contribution >= 4 is 16.1 Å². The zero-order valence-electron chi connectivity index (χ0n) is 13.4. The summed E-state index contributed by atoms with van der Waals surface area (Å²) in [6.07, 6.45) is 0. The number of methoxy groups -OCH3 is 1. The van der Waals surface area contributed by atoms with Crippen LogP contribution in [0.15, 0.2) is 41.3 Å². The van der Waals surface area contributed by atoms with E-state index in [1.165, 1.54) is 19.2 Å². The van der Waals surface area contributed by atoms with E-state index in [4.69, 9.17) is 4.18 Å². The number of hydrogen-bond donors (Lipinski definition) is 0. The topological polar surface area (TPSA) is 69.7 Å². The molecule has 0 saturated heterocycles. The number of esters is 1. The monoisotopic (exact) mass is 334 g/mol. The lowest BCUT2D eigenvalue weighted by Crippen LogP contribution is -2.13. The van der Waals surface area contributed by atoms with Gasteiger partial charge in [0, 0.05) is 0 Å². The van der Waals surface area contributed by atoms with Crippen LogP contribution >= 0.6 is 0 Å². The Hall–Kier alpha value is -2.34. The first-order valence-corrected chi connectivity index (χ1v) is 8.35. The Labute approximate surface area is 136 Å². The number of carbonyl (C=O) groups excluding carboxylic acids is 1. The molecule has 0 amide bonds. The van der Waals surface area contributed by atoms with Gasteiger partial charge in [-0.25, -0.2) is 4.79 Å². The van der Waals surface area contributed by atoms with Gasteiger partial charge in [-0.1, -0.05) is 12.1 Å². The summed E-state index contributed by atoms with van der Waals surface area (Å²) in [4.78, 5) is 11.5. The van der Waals surface area contributed by atoms with Crippen molar-refractivity contribution in [3.8, 4) is 5.75 Å². The first kappa shape index (κ1) is 17.0. The minimum Gasteiger partial charge on any atom is -0.465 e. The van der Waals surface area contributed by atoms with Gasteiger partial charge in [-0.2, -0.15) is 8.42 Å². The zero-order valence-corrected chi connectivity index (χ0v) is 14.2. The van der Waals surface area contributed by atoms with Gasteiger partial charge in [0.1, 0.15) is 10.6 Å². The van der Waals surface area contributed by atoms with Crippen LogP contribution in [-0.4, -0.2) is 21.5 Å². The van der Waals surface area contributed by atoms with Gasteiger partial charge in [0.25, 0.3) is 0 Å². The number of benzene rings is 2. The van der Waals surface area contributed by atoms with Crippen LogP contribution in [0.5, 0.6) is 5.75 Å². The molecule has 6 heteroatoms. The Morgan fingerprint density at radius 1 is 0.957 bits per heavy atom. The van der Waals surface area contributed by atoms with Crippen LogP contribution in [0.3, 0.4) is 0 Å². The molecule has 122 valence electrons. The second-order valence-electron chi connectivity index (χ2n) is 5.33. The van der Waals surface area contributed by atoms with E-state index < -0.39 is 16.1 Å². The Morgan fingerprint density at radius 3 is 2.13 bits per heavy atom. The molecule has 0 unspecified atom stereocenters. The first-order chi connectivity index (χ1) is 10.7. The molecule has 0 aliphatic carbocycles. The SMILES string of the molecule is COC(=O)c1ccc(C)c(S(=O)(=O)Oc2cc(C)cc(C)c2)c1. The molecular formula is C17H18O5S. The molecular weight excluding hydrogens is 316 g/mol. The summed E-state index contributed by atoms with van der Waals surface area (Å²) in [6, 6.07) is 9.52. The Balaban J connectivity index is 2.45. The van der Waals surface area contributed by atoms with E-state index in [1.54, 1.807) is 25.1 Å². The number of ether oxygens (including phenoxy) is 1. The molecule has 0 bridgehead atoms. The highest BCUT2D eigenvalue weighted by Crippen LogP contribution is 2.24. The zero-order chi connectivity index (χ0) is 17.2. The predicted octanol–water partition coefficient (Wildman–Crippen LogP) is 3.17. The smallest absolute Gasteiger partial charge is 0.339 e. The number of hydrogen-bond acceptors (Lipinski definition) is 5. The standard InChI is InChI=1S/C17H18O5S/c1-11-7-12(2)9-15(8-11)22-23(19,20)16-10-14(17(18)21-4)6-5-13(16)3/h5-10H,1-4H3. The number of aryl methyl sites for hydroxylation is 3. The van der Waals surface area contributed by atoms with Gasteiger partial charge < -0.3 is 8.92 Å². The Morgan fingerprint density at radius 2 is 1.57 bits per heavy atom. The third-order valence-electron chi connectivity index (χ3n) is 3.28. The van der Waals surface area contributed by atoms with Crippen molar-refractivity contribution in [3.05, 3.63) is 58.7 Å². The lowest BCUT2D eigenvalue weighted by Gasteiger charge is -2.11. The van der Waals surface area contributed by atoms with Crippen LogP contribution in [0.2, 0.25) is 0 Å². The van der Waals surface area contributed by atoms with Crippen molar-refractivity contribution in [2.75, 3.05) is 7.11 Å². The van der Waals surface area contributed by atoms with E-state index in [-0.39, 0.29) is 16.2 Å². The molecule has 0 aromatic heterocycles. The highest BCUT2D eigenvalue weighted by atomic mass is 32.2. The maximum atomic E-state index is 12.5. The van der Waals surface area contributed by atoms with Gasteiger partial charge in [0.05, 0.1) is 12.7 Å².